The predicted molar refractivity (Wildman–Crippen MR) is 130 cm³/mol. The summed E-state index contributed by atoms with van der Waals surface area (Å²) in [6.45, 7) is 12.8. The number of aryl methyl sites for hydroxylation is 1. The van der Waals surface area contributed by atoms with E-state index in [1.807, 2.05) is 32.9 Å². The number of hydrogen-bond donors (Lipinski definition) is 2. The van der Waals surface area contributed by atoms with Crippen molar-refractivity contribution in [2.24, 2.45) is 5.41 Å². The number of unbranched alkanes of at least 4 members (excludes halogenated alkanes) is 1. The molecular weight excluding hydrogens is 384 g/mol. The maximum absolute atomic E-state index is 12.8. The number of Topliss-reactive ketones (excluding diaryl/α,β-unsaturated/α-hetero) is 1. The van der Waals surface area contributed by atoms with Crippen molar-refractivity contribution < 1.29 is 9.59 Å². The summed E-state index contributed by atoms with van der Waals surface area (Å²) in [5.74, 6) is 0.338. The van der Waals surface area contributed by atoms with Crippen LogP contribution in [-0.4, -0.2) is 29.8 Å². The number of benzene rings is 2. The average Bonchev–Trinajstić information content (AvgIpc) is 2.69. The monoisotopic (exact) mass is 424 g/mol. The van der Waals surface area contributed by atoms with Gasteiger partial charge in [0.1, 0.15) is 0 Å². The summed E-state index contributed by atoms with van der Waals surface area (Å²) in [5.41, 5.74) is 0.741. The smallest absolute Gasteiger partial charge is 0.220 e. The van der Waals surface area contributed by atoms with E-state index in [-0.39, 0.29) is 28.7 Å². The molecule has 4 heteroatoms. The maximum atomic E-state index is 12.8. The second kappa shape index (κ2) is 10.9. The minimum Gasteiger partial charge on any atom is -0.356 e. The van der Waals surface area contributed by atoms with E-state index in [0.717, 1.165) is 25.7 Å². The third-order valence-corrected chi connectivity index (χ3v) is 5.41. The van der Waals surface area contributed by atoms with Crippen LogP contribution in [0.3, 0.4) is 0 Å². The maximum Gasteiger partial charge on any atom is 0.220 e. The number of carbonyl (C=O) groups excluding carboxylic acids is 2. The number of nitrogens with one attached hydrogen (secondary N) is 2. The largest absolute Gasteiger partial charge is 0.356 e. The molecule has 0 saturated heterocycles. The van der Waals surface area contributed by atoms with Crippen LogP contribution in [0.4, 0.5) is 0 Å². The first-order chi connectivity index (χ1) is 14.5. The number of hydrogen-bond acceptors (Lipinski definition) is 3. The Balaban J connectivity index is 1.75. The molecule has 0 unspecified atom stereocenters. The molecule has 4 nitrogen and oxygen atoms in total. The first-order valence-corrected chi connectivity index (χ1v) is 11.5. The number of fused-ring (bicyclic) bond motifs is 1. The van der Waals surface area contributed by atoms with Crippen LogP contribution in [-0.2, 0) is 16.0 Å². The Kier molecular flexibility index (Phi) is 8.81. The lowest BCUT2D eigenvalue weighted by Crippen LogP contribution is -2.50. The highest BCUT2D eigenvalue weighted by molar-refractivity contribution is 5.89. The molecule has 2 rings (SSSR count). The molecule has 0 radical (unpaired) electrons. The van der Waals surface area contributed by atoms with Crippen LogP contribution < -0.4 is 10.6 Å². The summed E-state index contributed by atoms with van der Waals surface area (Å²) >= 11 is 0. The molecule has 1 atom stereocenters. The lowest BCUT2D eigenvalue weighted by Gasteiger charge is -2.31. The molecule has 0 aliphatic carbocycles. The standard InChI is InChI=1S/C27H40N2O2/c1-26(2,3)25(31)23(29-27(4,5)6)16-9-10-19-28-24(30)18-17-21-14-11-13-20-12-7-8-15-22(20)21/h7-8,11-15,23,29H,9-10,16-19H2,1-6H3,(H,28,30)/t23-/m0/s1. The van der Waals surface area contributed by atoms with Gasteiger partial charge in [0.05, 0.1) is 6.04 Å². The van der Waals surface area contributed by atoms with E-state index in [1.54, 1.807) is 0 Å². The molecule has 0 aliphatic rings. The first kappa shape index (κ1) is 25.1. The molecular formula is C27H40N2O2. The summed E-state index contributed by atoms with van der Waals surface area (Å²) in [6, 6.07) is 14.4. The minimum absolute atomic E-state index is 0.0862. The molecule has 1 amide bonds. The molecule has 2 aromatic rings. The summed E-state index contributed by atoms with van der Waals surface area (Å²) in [5, 5.41) is 8.95. The van der Waals surface area contributed by atoms with E-state index in [1.165, 1.54) is 16.3 Å². The van der Waals surface area contributed by atoms with Crippen molar-refractivity contribution >= 4 is 22.5 Å². The van der Waals surface area contributed by atoms with Crippen molar-refractivity contribution in [3.05, 3.63) is 48.0 Å². The molecule has 0 spiro atoms. The molecule has 170 valence electrons. The van der Waals surface area contributed by atoms with Gasteiger partial charge in [-0.25, -0.2) is 0 Å². The average molecular weight is 425 g/mol. The van der Waals surface area contributed by atoms with E-state index in [9.17, 15) is 9.59 Å². The van der Waals surface area contributed by atoms with Gasteiger partial charge in [-0.05, 0) is 62.8 Å². The molecule has 2 N–H and O–H groups in total. The van der Waals surface area contributed by atoms with Gasteiger partial charge in [-0.15, -0.1) is 0 Å². The zero-order valence-corrected chi connectivity index (χ0v) is 20.2. The molecule has 31 heavy (non-hydrogen) atoms. The third kappa shape index (κ3) is 8.45. The highest BCUT2D eigenvalue weighted by Gasteiger charge is 2.31. The van der Waals surface area contributed by atoms with E-state index < -0.39 is 0 Å². The van der Waals surface area contributed by atoms with Crippen molar-refractivity contribution in [2.45, 2.75) is 85.2 Å². The molecule has 0 saturated carbocycles. The Hall–Kier alpha value is -2.20. The van der Waals surface area contributed by atoms with Gasteiger partial charge in [0, 0.05) is 23.9 Å². The predicted octanol–water partition coefficient (Wildman–Crippen LogP) is 5.43. The van der Waals surface area contributed by atoms with Gasteiger partial charge in [0.2, 0.25) is 5.91 Å². The molecule has 0 bridgehead atoms. The van der Waals surface area contributed by atoms with Gasteiger partial charge in [-0.3, -0.25) is 9.59 Å². The van der Waals surface area contributed by atoms with Crippen LogP contribution in [0.2, 0.25) is 0 Å². The van der Waals surface area contributed by atoms with E-state index in [2.05, 4.69) is 61.7 Å². The summed E-state index contributed by atoms with van der Waals surface area (Å²) in [7, 11) is 0. The Bertz CT molecular complexity index is 869. The van der Waals surface area contributed by atoms with Gasteiger partial charge in [-0.2, -0.15) is 0 Å². The Labute approximate surface area is 188 Å². The molecule has 0 aliphatic heterocycles. The summed E-state index contributed by atoms with van der Waals surface area (Å²) in [4.78, 5) is 25.1. The van der Waals surface area contributed by atoms with E-state index in [4.69, 9.17) is 0 Å². The van der Waals surface area contributed by atoms with Crippen molar-refractivity contribution in [1.29, 1.82) is 0 Å². The van der Waals surface area contributed by atoms with Crippen molar-refractivity contribution in [1.82, 2.24) is 10.6 Å². The molecule has 2 aromatic carbocycles. The molecule has 0 aromatic heterocycles. The number of carbonyl (C=O) groups is 2. The minimum atomic E-state index is -0.362. The van der Waals surface area contributed by atoms with Crippen LogP contribution in [0.1, 0.15) is 72.8 Å². The molecule has 0 fully saturated rings. The van der Waals surface area contributed by atoms with Crippen molar-refractivity contribution in [3.8, 4) is 0 Å². The fourth-order valence-electron chi connectivity index (χ4n) is 3.86. The van der Waals surface area contributed by atoms with E-state index in [0.29, 0.717) is 13.0 Å². The van der Waals surface area contributed by atoms with Crippen molar-refractivity contribution in [3.63, 3.8) is 0 Å². The van der Waals surface area contributed by atoms with Gasteiger partial charge >= 0.3 is 0 Å². The van der Waals surface area contributed by atoms with Crippen LogP contribution in [0.25, 0.3) is 10.8 Å². The zero-order valence-electron chi connectivity index (χ0n) is 20.2. The van der Waals surface area contributed by atoms with Crippen LogP contribution in [0, 0.1) is 5.41 Å². The van der Waals surface area contributed by atoms with Crippen LogP contribution in [0.5, 0.6) is 0 Å². The summed E-state index contributed by atoms with van der Waals surface area (Å²) < 4.78 is 0. The number of rotatable bonds is 10. The topological polar surface area (TPSA) is 58.2 Å². The van der Waals surface area contributed by atoms with Gasteiger partial charge < -0.3 is 10.6 Å². The third-order valence-electron chi connectivity index (χ3n) is 5.41. The summed E-state index contributed by atoms with van der Waals surface area (Å²) in [6.07, 6.45) is 3.80. The fraction of sp³-hybridized carbons (Fsp3) is 0.556. The lowest BCUT2D eigenvalue weighted by molar-refractivity contribution is -0.129. The fourth-order valence-corrected chi connectivity index (χ4v) is 3.86. The van der Waals surface area contributed by atoms with Gasteiger partial charge in [0.25, 0.3) is 0 Å². The van der Waals surface area contributed by atoms with Gasteiger partial charge in [0.15, 0.2) is 5.78 Å². The molecule has 0 heterocycles. The van der Waals surface area contributed by atoms with E-state index >= 15 is 0 Å². The van der Waals surface area contributed by atoms with Crippen molar-refractivity contribution in [2.75, 3.05) is 6.54 Å². The number of ketones is 1. The number of amides is 1. The Morgan fingerprint density at radius 2 is 1.58 bits per heavy atom. The van der Waals surface area contributed by atoms with Crippen LogP contribution >= 0.6 is 0 Å². The Morgan fingerprint density at radius 3 is 2.26 bits per heavy atom. The SMILES string of the molecule is CC(C)(C)N[C@@H](CCCCNC(=O)CCc1cccc2ccccc12)C(=O)C(C)(C)C. The highest BCUT2D eigenvalue weighted by Crippen LogP contribution is 2.21. The lowest BCUT2D eigenvalue weighted by atomic mass is 9.84. The second-order valence-electron chi connectivity index (χ2n) is 10.5. The normalized spacial score (nSPS) is 13.2. The quantitative estimate of drug-likeness (QED) is 0.500. The zero-order chi connectivity index (χ0) is 23.1. The Morgan fingerprint density at radius 1 is 0.903 bits per heavy atom. The highest BCUT2D eigenvalue weighted by atomic mass is 16.1. The first-order valence-electron chi connectivity index (χ1n) is 11.5. The second-order valence-corrected chi connectivity index (χ2v) is 10.5. The van der Waals surface area contributed by atoms with Gasteiger partial charge in [-0.1, -0.05) is 63.2 Å². The van der Waals surface area contributed by atoms with Crippen LogP contribution in [0.15, 0.2) is 42.5 Å².